The topological polar surface area (TPSA) is 32.5 Å². The summed E-state index contributed by atoms with van der Waals surface area (Å²) < 4.78 is 0. The van der Waals surface area contributed by atoms with Crippen molar-refractivity contribution in [3.63, 3.8) is 0 Å². The van der Waals surface area contributed by atoms with Crippen molar-refractivity contribution in [3.8, 4) is 0 Å². The lowest BCUT2D eigenvalue weighted by atomic mass is 10.1. The molecule has 2 rings (SSSR count). The first-order valence-electron chi connectivity index (χ1n) is 6.26. The highest BCUT2D eigenvalue weighted by Gasteiger charge is 2.16. The fourth-order valence-electron chi connectivity index (χ4n) is 2.33. The minimum absolute atomic E-state index is 1.15. The SMILES string of the molecule is CN.Cc1cccc(C)c1N1CCN(C)CC1. The molecule has 0 bridgehead atoms. The standard InChI is InChI=1S/C13H20N2.CH5N/c1-11-5-4-6-12(2)13(11)15-9-7-14(3)8-10-15;1-2/h4-6H,7-10H2,1-3H3;2H2,1H3. The number of aryl methyl sites for hydroxylation is 2. The maximum Gasteiger partial charge on any atom is 0.0426 e. The van der Waals surface area contributed by atoms with Gasteiger partial charge >= 0.3 is 0 Å². The Morgan fingerprint density at radius 1 is 0.941 bits per heavy atom. The van der Waals surface area contributed by atoms with Crippen molar-refractivity contribution in [2.45, 2.75) is 13.8 Å². The fraction of sp³-hybridized carbons (Fsp3) is 0.571. The molecule has 1 heterocycles. The van der Waals surface area contributed by atoms with Crippen LogP contribution in [0.2, 0.25) is 0 Å². The molecular formula is C14H25N3. The highest BCUT2D eigenvalue weighted by molar-refractivity contribution is 5.59. The molecule has 0 aliphatic carbocycles. The molecule has 1 aliphatic rings. The Morgan fingerprint density at radius 2 is 1.41 bits per heavy atom. The average molecular weight is 235 g/mol. The second-order valence-electron chi connectivity index (χ2n) is 4.53. The van der Waals surface area contributed by atoms with Crippen LogP contribution in [-0.4, -0.2) is 45.2 Å². The summed E-state index contributed by atoms with van der Waals surface area (Å²) in [6.07, 6.45) is 0. The lowest BCUT2D eigenvalue weighted by molar-refractivity contribution is 0.312. The highest BCUT2D eigenvalue weighted by atomic mass is 15.2. The average Bonchev–Trinajstić information content (AvgIpc) is 2.34. The Bertz CT molecular complexity index is 321. The van der Waals surface area contributed by atoms with Gasteiger partial charge in [-0.25, -0.2) is 0 Å². The van der Waals surface area contributed by atoms with Crippen molar-refractivity contribution >= 4 is 5.69 Å². The number of nitrogens with zero attached hydrogens (tertiary/aromatic N) is 2. The maximum absolute atomic E-state index is 4.50. The van der Waals surface area contributed by atoms with E-state index in [1.165, 1.54) is 37.0 Å². The highest BCUT2D eigenvalue weighted by Crippen LogP contribution is 2.25. The number of piperazine rings is 1. The molecule has 1 fully saturated rings. The number of rotatable bonds is 1. The molecular weight excluding hydrogens is 210 g/mol. The Morgan fingerprint density at radius 3 is 1.88 bits per heavy atom. The fourth-order valence-corrected chi connectivity index (χ4v) is 2.33. The number of para-hydroxylation sites is 1. The van der Waals surface area contributed by atoms with Crippen LogP contribution >= 0.6 is 0 Å². The van der Waals surface area contributed by atoms with Crippen molar-refractivity contribution in [3.05, 3.63) is 29.3 Å². The minimum atomic E-state index is 1.15. The summed E-state index contributed by atoms with van der Waals surface area (Å²) in [5.41, 5.74) is 8.75. The van der Waals surface area contributed by atoms with Gasteiger partial charge in [-0.2, -0.15) is 0 Å². The molecule has 0 unspecified atom stereocenters. The molecule has 96 valence electrons. The summed E-state index contributed by atoms with van der Waals surface area (Å²) in [7, 11) is 3.70. The smallest absolute Gasteiger partial charge is 0.0426 e. The lowest BCUT2D eigenvalue weighted by Gasteiger charge is -2.35. The van der Waals surface area contributed by atoms with E-state index >= 15 is 0 Å². The van der Waals surface area contributed by atoms with Gasteiger partial charge in [0, 0.05) is 31.9 Å². The summed E-state index contributed by atoms with van der Waals surface area (Å²) in [6, 6.07) is 6.56. The summed E-state index contributed by atoms with van der Waals surface area (Å²) in [5.74, 6) is 0. The zero-order valence-electron chi connectivity index (χ0n) is 11.5. The third-order valence-electron chi connectivity index (χ3n) is 3.26. The summed E-state index contributed by atoms with van der Waals surface area (Å²) in [4.78, 5) is 4.91. The van der Waals surface area contributed by atoms with Gasteiger partial charge < -0.3 is 15.5 Å². The Hall–Kier alpha value is -1.06. The monoisotopic (exact) mass is 235 g/mol. The predicted octanol–water partition coefficient (Wildman–Crippen LogP) is 1.63. The second kappa shape index (κ2) is 6.62. The Kier molecular flexibility index (Phi) is 5.45. The van der Waals surface area contributed by atoms with E-state index in [2.05, 4.69) is 54.6 Å². The number of nitrogens with two attached hydrogens (primary N) is 1. The van der Waals surface area contributed by atoms with Gasteiger partial charge in [-0.15, -0.1) is 0 Å². The van der Waals surface area contributed by atoms with Gasteiger partial charge in [0.25, 0.3) is 0 Å². The number of hydrogen-bond acceptors (Lipinski definition) is 3. The zero-order chi connectivity index (χ0) is 12.8. The van der Waals surface area contributed by atoms with E-state index in [4.69, 9.17) is 0 Å². The van der Waals surface area contributed by atoms with E-state index in [-0.39, 0.29) is 0 Å². The lowest BCUT2D eigenvalue weighted by Crippen LogP contribution is -2.45. The van der Waals surface area contributed by atoms with Crippen LogP contribution in [0, 0.1) is 13.8 Å². The summed E-state index contributed by atoms with van der Waals surface area (Å²) in [5, 5.41) is 0. The summed E-state index contributed by atoms with van der Waals surface area (Å²) >= 11 is 0. The molecule has 17 heavy (non-hydrogen) atoms. The molecule has 0 amide bonds. The van der Waals surface area contributed by atoms with Crippen molar-refractivity contribution in [1.82, 2.24) is 4.90 Å². The van der Waals surface area contributed by atoms with Gasteiger partial charge in [0.05, 0.1) is 0 Å². The van der Waals surface area contributed by atoms with Crippen LogP contribution in [0.4, 0.5) is 5.69 Å². The van der Waals surface area contributed by atoms with Gasteiger partial charge in [0.1, 0.15) is 0 Å². The van der Waals surface area contributed by atoms with Crippen LogP contribution in [0.1, 0.15) is 11.1 Å². The van der Waals surface area contributed by atoms with Gasteiger partial charge in [-0.3, -0.25) is 0 Å². The molecule has 1 aromatic rings. The molecule has 1 aromatic carbocycles. The molecule has 0 aromatic heterocycles. The van der Waals surface area contributed by atoms with E-state index in [1.807, 2.05) is 0 Å². The van der Waals surface area contributed by atoms with Crippen LogP contribution in [0.25, 0.3) is 0 Å². The van der Waals surface area contributed by atoms with E-state index in [1.54, 1.807) is 0 Å². The van der Waals surface area contributed by atoms with Crippen LogP contribution in [0.5, 0.6) is 0 Å². The molecule has 0 spiro atoms. The zero-order valence-corrected chi connectivity index (χ0v) is 11.5. The Balaban J connectivity index is 0.000000686. The molecule has 1 saturated heterocycles. The van der Waals surface area contributed by atoms with Crippen LogP contribution in [0.15, 0.2) is 18.2 Å². The predicted molar refractivity (Wildman–Crippen MR) is 75.7 cm³/mol. The molecule has 0 saturated carbocycles. The number of hydrogen-bond donors (Lipinski definition) is 1. The largest absolute Gasteiger partial charge is 0.369 e. The Labute approximate surface area is 105 Å². The first kappa shape index (κ1) is 14.0. The first-order chi connectivity index (χ1) is 8.18. The minimum Gasteiger partial charge on any atom is -0.369 e. The summed E-state index contributed by atoms with van der Waals surface area (Å²) in [6.45, 7) is 9.08. The number of anilines is 1. The van der Waals surface area contributed by atoms with Crippen molar-refractivity contribution in [2.75, 3.05) is 45.2 Å². The van der Waals surface area contributed by atoms with E-state index in [0.29, 0.717) is 0 Å². The molecule has 3 heteroatoms. The van der Waals surface area contributed by atoms with Crippen molar-refractivity contribution in [2.24, 2.45) is 5.73 Å². The van der Waals surface area contributed by atoms with Crippen molar-refractivity contribution in [1.29, 1.82) is 0 Å². The first-order valence-corrected chi connectivity index (χ1v) is 6.26. The van der Waals surface area contributed by atoms with Gasteiger partial charge in [-0.1, -0.05) is 18.2 Å². The number of likely N-dealkylation sites (N-methyl/N-ethyl adjacent to an activating group) is 1. The third kappa shape index (κ3) is 3.45. The van der Waals surface area contributed by atoms with Crippen LogP contribution in [-0.2, 0) is 0 Å². The molecule has 1 aliphatic heterocycles. The van der Waals surface area contributed by atoms with Gasteiger partial charge in [0.2, 0.25) is 0 Å². The van der Waals surface area contributed by atoms with E-state index in [9.17, 15) is 0 Å². The van der Waals surface area contributed by atoms with E-state index < -0.39 is 0 Å². The van der Waals surface area contributed by atoms with E-state index in [0.717, 1.165) is 13.1 Å². The van der Waals surface area contributed by atoms with Crippen molar-refractivity contribution < 1.29 is 0 Å². The quantitative estimate of drug-likeness (QED) is 0.803. The molecule has 0 radical (unpaired) electrons. The third-order valence-corrected chi connectivity index (χ3v) is 3.26. The van der Waals surface area contributed by atoms with Gasteiger partial charge in [0.15, 0.2) is 0 Å². The van der Waals surface area contributed by atoms with Gasteiger partial charge in [-0.05, 0) is 39.1 Å². The number of benzene rings is 1. The van der Waals surface area contributed by atoms with Crippen LogP contribution < -0.4 is 10.6 Å². The van der Waals surface area contributed by atoms with Crippen LogP contribution in [0.3, 0.4) is 0 Å². The molecule has 3 nitrogen and oxygen atoms in total. The molecule has 0 atom stereocenters. The second-order valence-corrected chi connectivity index (χ2v) is 4.53. The maximum atomic E-state index is 4.50. The molecule has 2 N–H and O–H groups in total. The normalized spacial score (nSPS) is 16.4.